The molecule has 1 aromatic heterocycles. The average Bonchev–Trinajstić information content (AvgIpc) is 2.87. The van der Waals surface area contributed by atoms with E-state index in [1.54, 1.807) is 15.5 Å². The molecule has 0 atom stereocenters. The maximum atomic E-state index is 14.7. The molecular formula is C24H23ClF2N4O3S. The molecule has 11 heteroatoms. The molecular weight excluding hydrogens is 498 g/mol. The fourth-order valence-corrected chi connectivity index (χ4v) is 5.96. The summed E-state index contributed by atoms with van der Waals surface area (Å²) in [5, 5.41) is 7.99. The molecule has 0 unspecified atom stereocenters. The van der Waals surface area contributed by atoms with E-state index in [-0.39, 0.29) is 11.5 Å². The van der Waals surface area contributed by atoms with Crippen LogP contribution in [0.15, 0.2) is 46.6 Å². The number of piperazine rings is 1. The van der Waals surface area contributed by atoms with Crippen molar-refractivity contribution in [3.05, 3.63) is 64.1 Å². The van der Waals surface area contributed by atoms with Gasteiger partial charge >= 0.3 is 5.69 Å². The van der Waals surface area contributed by atoms with E-state index in [9.17, 15) is 18.4 Å². The Balaban J connectivity index is 0.00000141. The Bertz CT molecular complexity index is 1370. The number of carbonyl (C=O) groups excluding carboxylic acids is 1. The van der Waals surface area contributed by atoms with Crippen LogP contribution >= 0.6 is 23.4 Å². The first-order valence-corrected chi connectivity index (χ1v) is 12.2. The van der Waals surface area contributed by atoms with Gasteiger partial charge in [0.15, 0.2) is 0 Å². The molecule has 0 spiro atoms. The first kappa shape index (κ1) is 25.2. The minimum Gasteiger partial charge on any atom is -0.400 e. The second-order valence-corrected chi connectivity index (χ2v) is 9.33. The maximum Gasteiger partial charge on any atom is 0.350 e. The number of anilines is 1. The largest absolute Gasteiger partial charge is 0.400 e. The van der Waals surface area contributed by atoms with Gasteiger partial charge in [-0.2, -0.15) is 4.98 Å². The smallest absolute Gasteiger partial charge is 0.350 e. The van der Waals surface area contributed by atoms with Crippen LogP contribution in [-0.4, -0.2) is 64.5 Å². The van der Waals surface area contributed by atoms with Crippen molar-refractivity contribution in [2.45, 2.75) is 11.4 Å². The number of amides is 1. The molecule has 3 aromatic rings. The van der Waals surface area contributed by atoms with E-state index in [1.807, 2.05) is 4.90 Å². The van der Waals surface area contributed by atoms with Crippen molar-refractivity contribution < 1.29 is 18.7 Å². The molecule has 2 aliphatic rings. The van der Waals surface area contributed by atoms with Gasteiger partial charge in [-0.15, -0.1) is 11.8 Å². The Hall–Kier alpha value is -2.95. The highest BCUT2D eigenvalue weighted by atomic mass is 35.5. The molecule has 0 radical (unpaired) electrons. The van der Waals surface area contributed by atoms with E-state index in [0.717, 1.165) is 13.2 Å². The van der Waals surface area contributed by atoms with Gasteiger partial charge in [-0.05, 0) is 24.3 Å². The van der Waals surface area contributed by atoms with Crippen molar-refractivity contribution >= 4 is 46.0 Å². The second kappa shape index (κ2) is 10.3. The zero-order chi connectivity index (χ0) is 25.3. The van der Waals surface area contributed by atoms with Crippen LogP contribution in [0.2, 0.25) is 5.02 Å². The van der Waals surface area contributed by atoms with Gasteiger partial charge in [0.2, 0.25) is 5.91 Å². The molecule has 0 aliphatic carbocycles. The third-order valence-electron chi connectivity index (χ3n) is 5.98. The number of halogens is 3. The molecule has 5 rings (SSSR count). The number of hydrogen-bond acceptors (Lipinski definition) is 6. The third kappa shape index (κ3) is 4.53. The number of aliphatic hydroxyl groups excluding tert-OH is 1. The number of aryl methyl sites for hydroxylation is 1. The van der Waals surface area contributed by atoms with E-state index in [0.29, 0.717) is 70.7 Å². The average molecular weight is 521 g/mol. The Labute approximate surface area is 209 Å². The molecule has 7 nitrogen and oxygen atoms in total. The SMILES string of the molecule is C=CC(=O)N1CCN(c2nc(=O)n3c4c(c(-c5ccc(F)cc5F)c(Cl)cc24)SCC3)CC1.CO. The number of hydrogen-bond donors (Lipinski definition) is 1. The van der Waals surface area contributed by atoms with Crippen LogP contribution in [-0.2, 0) is 11.3 Å². The van der Waals surface area contributed by atoms with E-state index in [1.165, 1.54) is 30.0 Å². The normalized spacial score (nSPS) is 15.0. The number of rotatable bonds is 3. The lowest BCUT2D eigenvalue weighted by molar-refractivity contribution is -0.126. The molecule has 184 valence electrons. The lowest BCUT2D eigenvalue weighted by Gasteiger charge is -2.36. The van der Waals surface area contributed by atoms with E-state index in [4.69, 9.17) is 16.7 Å². The summed E-state index contributed by atoms with van der Waals surface area (Å²) >= 11 is 8.16. The summed E-state index contributed by atoms with van der Waals surface area (Å²) in [4.78, 5) is 33.6. The highest BCUT2D eigenvalue weighted by molar-refractivity contribution is 7.99. The van der Waals surface area contributed by atoms with E-state index >= 15 is 0 Å². The number of aliphatic hydroxyl groups is 1. The van der Waals surface area contributed by atoms with E-state index < -0.39 is 17.3 Å². The van der Waals surface area contributed by atoms with Gasteiger partial charge in [0.1, 0.15) is 17.5 Å². The molecule has 1 amide bonds. The number of thioether (sulfide) groups is 1. The van der Waals surface area contributed by atoms with Gasteiger partial charge in [0, 0.05) is 73.1 Å². The predicted octanol–water partition coefficient (Wildman–Crippen LogP) is 3.54. The first-order chi connectivity index (χ1) is 16.9. The van der Waals surface area contributed by atoms with Crippen LogP contribution in [0.4, 0.5) is 14.6 Å². The van der Waals surface area contributed by atoms with E-state index in [2.05, 4.69) is 11.6 Å². The third-order valence-corrected chi connectivity index (χ3v) is 7.35. The van der Waals surface area contributed by atoms with Crippen molar-refractivity contribution in [2.75, 3.05) is 43.9 Å². The minimum absolute atomic E-state index is 0.134. The quantitative estimate of drug-likeness (QED) is 0.532. The Kier molecular flexibility index (Phi) is 7.44. The summed E-state index contributed by atoms with van der Waals surface area (Å²) in [6.45, 7) is 5.95. The van der Waals surface area contributed by atoms with Gasteiger partial charge in [-0.3, -0.25) is 9.36 Å². The van der Waals surface area contributed by atoms with Gasteiger partial charge in [-0.25, -0.2) is 13.6 Å². The fourth-order valence-electron chi connectivity index (χ4n) is 4.40. The molecule has 35 heavy (non-hydrogen) atoms. The highest BCUT2D eigenvalue weighted by Gasteiger charge is 2.28. The summed E-state index contributed by atoms with van der Waals surface area (Å²) in [6.07, 6.45) is 1.29. The summed E-state index contributed by atoms with van der Waals surface area (Å²) in [7, 11) is 1.00. The molecule has 2 aromatic carbocycles. The predicted molar refractivity (Wildman–Crippen MR) is 134 cm³/mol. The summed E-state index contributed by atoms with van der Waals surface area (Å²) in [6, 6.07) is 5.08. The van der Waals surface area contributed by atoms with Crippen molar-refractivity contribution in [1.82, 2.24) is 14.5 Å². The molecule has 1 N–H and O–H groups in total. The van der Waals surface area contributed by atoms with Crippen LogP contribution < -0.4 is 10.6 Å². The van der Waals surface area contributed by atoms with Crippen LogP contribution in [0, 0.1) is 11.6 Å². The fraction of sp³-hybridized carbons (Fsp3) is 0.292. The lowest BCUT2D eigenvalue weighted by Crippen LogP contribution is -2.49. The first-order valence-electron chi connectivity index (χ1n) is 10.9. The Morgan fingerprint density at radius 3 is 2.54 bits per heavy atom. The van der Waals surface area contributed by atoms with Crippen LogP contribution in [0.3, 0.4) is 0 Å². The summed E-state index contributed by atoms with van der Waals surface area (Å²) in [5.74, 6) is -0.433. The van der Waals surface area contributed by atoms with Gasteiger partial charge < -0.3 is 14.9 Å². The molecule has 3 heterocycles. The Morgan fingerprint density at radius 2 is 1.89 bits per heavy atom. The van der Waals surface area contributed by atoms with Crippen LogP contribution in [0.1, 0.15) is 0 Å². The summed E-state index contributed by atoms with van der Waals surface area (Å²) in [5.41, 5.74) is 0.880. The molecule has 1 fully saturated rings. The number of benzene rings is 2. The van der Waals surface area contributed by atoms with Crippen molar-refractivity contribution in [3.8, 4) is 11.1 Å². The van der Waals surface area contributed by atoms with Crippen LogP contribution in [0.25, 0.3) is 22.0 Å². The van der Waals surface area contributed by atoms with Gasteiger partial charge in [0.05, 0.1) is 10.5 Å². The maximum absolute atomic E-state index is 14.7. The number of aromatic nitrogens is 2. The zero-order valence-electron chi connectivity index (χ0n) is 18.9. The van der Waals surface area contributed by atoms with Crippen molar-refractivity contribution in [2.24, 2.45) is 0 Å². The molecule has 0 saturated carbocycles. The number of nitrogens with zero attached hydrogens (tertiary/aromatic N) is 4. The summed E-state index contributed by atoms with van der Waals surface area (Å²) < 4.78 is 29.8. The Morgan fingerprint density at radius 1 is 1.17 bits per heavy atom. The minimum atomic E-state index is -0.718. The molecule has 0 bridgehead atoms. The molecule has 1 saturated heterocycles. The van der Waals surface area contributed by atoms with Crippen molar-refractivity contribution in [1.29, 1.82) is 0 Å². The molecule has 2 aliphatic heterocycles. The standard InChI is InChI=1S/C23H19ClF2N4O2S.CH4O/c1-2-18(31)28-5-7-29(8-6-28)22-15-12-16(24)19(14-4-3-13(25)11-17(14)26)21-20(15)30(9-10-33-21)23(32)27-22;1-2/h2-4,11-12H,1,5-10H2;2H,1H3. The highest BCUT2D eigenvalue weighted by Crippen LogP contribution is 2.46. The monoisotopic (exact) mass is 520 g/mol. The zero-order valence-corrected chi connectivity index (χ0v) is 20.5. The van der Waals surface area contributed by atoms with Gasteiger partial charge in [0.25, 0.3) is 0 Å². The van der Waals surface area contributed by atoms with Crippen molar-refractivity contribution in [3.63, 3.8) is 0 Å². The van der Waals surface area contributed by atoms with Crippen LogP contribution in [0.5, 0.6) is 0 Å². The second-order valence-electron chi connectivity index (χ2n) is 7.82. The van der Waals surface area contributed by atoms with Gasteiger partial charge in [-0.1, -0.05) is 18.2 Å². The topological polar surface area (TPSA) is 78.7 Å². The number of carbonyl (C=O) groups is 1. The lowest BCUT2D eigenvalue weighted by atomic mass is 10.0.